The quantitative estimate of drug-likeness (QED) is 0.847. The maximum absolute atomic E-state index is 12.7. The van der Waals surface area contributed by atoms with Crippen LogP contribution in [0.3, 0.4) is 0 Å². The fourth-order valence-electron chi connectivity index (χ4n) is 2.94. The summed E-state index contributed by atoms with van der Waals surface area (Å²) in [7, 11) is 1.55. The number of ether oxygens (including phenoxy) is 2. The third kappa shape index (κ3) is 4.23. The van der Waals surface area contributed by atoms with Gasteiger partial charge >= 0.3 is 0 Å². The van der Waals surface area contributed by atoms with E-state index in [4.69, 9.17) is 9.47 Å². The number of amides is 1. The molecule has 7 nitrogen and oxygen atoms in total. The number of carbonyl (C=O) groups is 1. The van der Waals surface area contributed by atoms with Crippen LogP contribution in [0.25, 0.3) is 0 Å². The Morgan fingerprint density at radius 2 is 2.08 bits per heavy atom. The predicted octanol–water partition coefficient (Wildman–Crippen LogP) is 2.18. The van der Waals surface area contributed by atoms with E-state index in [1.54, 1.807) is 30.3 Å². The fraction of sp³-hybridized carbons (Fsp3) is 0.444. The zero-order valence-electron chi connectivity index (χ0n) is 14.7. The van der Waals surface area contributed by atoms with Gasteiger partial charge in [-0.05, 0) is 32.8 Å². The van der Waals surface area contributed by atoms with Gasteiger partial charge in [0.25, 0.3) is 5.91 Å². The average molecular weight is 342 g/mol. The summed E-state index contributed by atoms with van der Waals surface area (Å²) in [5, 5.41) is 0. The summed E-state index contributed by atoms with van der Waals surface area (Å²) >= 11 is 0. The van der Waals surface area contributed by atoms with Crippen LogP contribution in [0.1, 0.15) is 34.7 Å². The van der Waals surface area contributed by atoms with E-state index in [1.165, 1.54) is 0 Å². The fourth-order valence-corrected chi connectivity index (χ4v) is 2.94. The first-order valence-corrected chi connectivity index (χ1v) is 8.33. The van der Waals surface area contributed by atoms with Crippen LogP contribution >= 0.6 is 0 Å². The zero-order chi connectivity index (χ0) is 17.8. The Labute approximate surface area is 147 Å². The van der Waals surface area contributed by atoms with Crippen molar-refractivity contribution in [2.24, 2.45) is 0 Å². The number of rotatable bonds is 4. The highest BCUT2D eigenvalue weighted by molar-refractivity contribution is 5.94. The summed E-state index contributed by atoms with van der Waals surface area (Å²) in [6, 6.07) is 5.24. The molecule has 0 bridgehead atoms. The molecule has 0 aliphatic carbocycles. The van der Waals surface area contributed by atoms with Gasteiger partial charge in [0.2, 0.25) is 11.8 Å². The lowest BCUT2D eigenvalue weighted by Gasteiger charge is -2.32. The van der Waals surface area contributed by atoms with Crippen LogP contribution in [-0.2, 0) is 0 Å². The van der Waals surface area contributed by atoms with Gasteiger partial charge < -0.3 is 14.4 Å². The van der Waals surface area contributed by atoms with Crippen molar-refractivity contribution in [2.75, 3.05) is 20.2 Å². The Hall–Kier alpha value is -2.70. The van der Waals surface area contributed by atoms with E-state index >= 15 is 0 Å². The molecule has 3 heterocycles. The molecule has 3 rings (SSSR count). The molecule has 1 aliphatic heterocycles. The van der Waals surface area contributed by atoms with Gasteiger partial charge in [-0.2, -0.15) is 4.98 Å². The van der Waals surface area contributed by atoms with Crippen molar-refractivity contribution in [2.45, 2.75) is 32.8 Å². The maximum atomic E-state index is 12.7. The molecule has 0 saturated carbocycles. The highest BCUT2D eigenvalue weighted by atomic mass is 16.5. The Morgan fingerprint density at radius 1 is 1.24 bits per heavy atom. The van der Waals surface area contributed by atoms with Crippen molar-refractivity contribution < 1.29 is 14.3 Å². The number of hydrogen-bond donors (Lipinski definition) is 0. The second-order valence-corrected chi connectivity index (χ2v) is 6.12. The maximum Gasteiger partial charge on any atom is 0.255 e. The van der Waals surface area contributed by atoms with E-state index < -0.39 is 0 Å². The van der Waals surface area contributed by atoms with Gasteiger partial charge in [0.1, 0.15) is 11.9 Å². The van der Waals surface area contributed by atoms with Crippen molar-refractivity contribution in [3.8, 4) is 11.8 Å². The number of pyridine rings is 1. The van der Waals surface area contributed by atoms with Gasteiger partial charge in [-0.1, -0.05) is 0 Å². The van der Waals surface area contributed by atoms with Crippen LogP contribution in [-0.4, -0.2) is 52.1 Å². The lowest BCUT2D eigenvalue weighted by molar-refractivity contribution is 0.0526. The van der Waals surface area contributed by atoms with Gasteiger partial charge in [0, 0.05) is 30.6 Å². The first-order valence-electron chi connectivity index (χ1n) is 8.33. The zero-order valence-corrected chi connectivity index (χ0v) is 14.7. The molecule has 0 N–H and O–H groups in total. The summed E-state index contributed by atoms with van der Waals surface area (Å²) in [4.78, 5) is 27.1. The molecule has 2 aromatic rings. The third-order valence-electron chi connectivity index (χ3n) is 4.09. The lowest BCUT2D eigenvalue weighted by atomic mass is 10.1. The molecule has 25 heavy (non-hydrogen) atoms. The highest BCUT2D eigenvalue weighted by Gasteiger charge is 2.26. The van der Waals surface area contributed by atoms with Gasteiger partial charge in [-0.25, -0.2) is 9.97 Å². The molecule has 0 aromatic carbocycles. The minimum atomic E-state index is -0.0717. The van der Waals surface area contributed by atoms with E-state index in [9.17, 15) is 4.79 Å². The topological polar surface area (TPSA) is 77.4 Å². The van der Waals surface area contributed by atoms with Crippen molar-refractivity contribution in [1.82, 2.24) is 19.9 Å². The second-order valence-electron chi connectivity index (χ2n) is 6.12. The Balaban J connectivity index is 1.66. The molecule has 0 radical (unpaired) electrons. The number of methoxy groups -OCH3 is 1. The van der Waals surface area contributed by atoms with Gasteiger partial charge in [-0.3, -0.25) is 4.79 Å². The van der Waals surface area contributed by atoms with Crippen LogP contribution < -0.4 is 9.47 Å². The molecular formula is C18H22N4O3. The number of nitrogens with zero attached hydrogens (tertiary/aromatic N) is 4. The first kappa shape index (κ1) is 17.1. The van der Waals surface area contributed by atoms with E-state index in [0.29, 0.717) is 36.2 Å². The molecule has 1 amide bonds. The SMILES string of the molecule is COc1ccc(C(=O)N2CCC[C@@H](Oc3cc(C)nc(C)n3)C2)cn1. The predicted molar refractivity (Wildman–Crippen MR) is 91.8 cm³/mol. The van der Waals surface area contributed by atoms with Crippen LogP contribution in [0.2, 0.25) is 0 Å². The van der Waals surface area contributed by atoms with Crippen LogP contribution in [0.4, 0.5) is 0 Å². The lowest BCUT2D eigenvalue weighted by Crippen LogP contribution is -2.44. The van der Waals surface area contributed by atoms with Crippen molar-refractivity contribution >= 4 is 5.91 Å². The van der Waals surface area contributed by atoms with Crippen LogP contribution in [0.5, 0.6) is 11.8 Å². The minimum absolute atomic E-state index is 0.0431. The standard InChI is InChI=1S/C18H22N4O3/c1-12-9-17(21-13(2)20-12)25-15-5-4-8-22(11-15)18(23)14-6-7-16(24-3)19-10-14/h6-7,9-10,15H,4-5,8,11H2,1-3H3/t15-/m1/s1. The van der Waals surface area contributed by atoms with Crippen molar-refractivity contribution in [3.05, 3.63) is 41.5 Å². The second kappa shape index (κ2) is 7.46. The number of aromatic nitrogens is 3. The molecule has 132 valence electrons. The number of hydrogen-bond acceptors (Lipinski definition) is 6. The Morgan fingerprint density at radius 3 is 2.76 bits per heavy atom. The third-order valence-corrected chi connectivity index (χ3v) is 4.09. The van der Waals surface area contributed by atoms with Crippen LogP contribution in [0, 0.1) is 13.8 Å². The van der Waals surface area contributed by atoms with Gasteiger partial charge in [0.15, 0.2) is 0 Å². The summed E-state index contributed by atoms with van der Waals surface area (Å²) in [5.74, 6) is 1.70. The molecular weight excluding hydrogens is 320 g/mol. The summed E-state index contributed by atoms with van der Waals surface area (Å²) in [6.45, 7) is 5.00. The number of carbonyl (C=O) groups excluding carboxylic acids is 1. The number of likely N-dealkylation sites (tertiary alicyclic amines) is 1. The number of piperidine rings is 1. The Kier molecular flexibility index (Phi) is 5.11. The van der Waals surface area contributed by atoms with E-state index in [0.717, 1.165) is 18.5 Å². The van der Waals surface area contributed by atoms with Crippen LogP contribution in [0.15, 0.2) is 24.4 Å². The molecule has 2 aromatic heterocycles. The molecule has 1 saturated heterocycles. The summed E-state index contributed by atoms with van der Waals surface area (Å²) in [6.07, 6.45) is 3.26. The van der Waals surface area contributed by atoms with Crippen molar-refractivity contribution in [3.63, 3.8) is 0 Å². The molecule has 1 aliphatic rings. The van der Waals surface area contributed by atoms with E-state index in [1.807, 2.05) is 19.9 Å². The first-order chi connectivity index (χ1) is 12.0. The summed E-state index contributed by atoms with van der Waals surface area (Å²) < 4.78 is 11.0. The molecule has 0 unspecified atom stereocenters. The van der Waals surface area contributed by atoms with E-state index in [2.05, 4.69) is 15.0 Å². The minimum Gasteiger partial charge on any atom is -0.481 e. The van der Waals surface area contributed by atoms with Crippen molar-refractivity contribution in [1.29, 1.82) is 0 Å². The monoisotopic (exact) mass is 342 g/mol. The number of aryl methyl sites for hydroxylation is 2. The largest absolute Gasteiger partial charge is 0.481 e. The highest BCUT2D eigenvalue weighted by Crippen LogP contribution is 2.19. The molecule has 1 atom stereocenters. The van der Waals surface area contributed by atoms with E-state index in [-0.39, 0.29) is 12.0 Å². The molecule has 0 spiro atoms. The summed E-state index contributed by atoms with van der Waals surface area (Å²) in [5.41, 5.74) is 1.42. The molecule has 7 heteroatoms. The normalized spacial score (nSPS) is 17.2. The smallest absolute Gasteiger partial charge is 0.255 e. The molecule has 1 fully saturated rings. The average Bonchev–Trinajstić information content (AvgIpc) is 2.60. The van der Waals surface area contributed by atoms with Gasteiger partial charge in [0.05, 0.1) is 19.2 Å². The Bertz CT molecular complexity index is 728. The van der Waals surface area contributed by atoms with Gasteiger partial charge in [-0.15, -0.1) is 0 Å².